The average molecular weight is 327 g/mol. The number of alkyl carbamates (subject to hydrolysis) is 1. The Hall–Kier alpha value is -1.48. The van der Waals surface area contributed by atoms with Crippen LogP contribution in [-0.4, -0.2) is 36.9 Å². The zero-order valence-electron chi connectivity index (χ0n) is 14.6. The van der Waals surface area contributed by atoms with Gasteiger partial charge in [-0.05, 0) is 38.9 Å². The third-order valence-electron chi connectivity index (χ3n) is 3.68. The molecular weight excluding hydrogens is 298 g/mol. The molecule has 0 spiro atoms. The molecule has 0 saturated carbocycles. The molecule has 6 heteroatoms. The van der Waals surface area contributed by atoms with Gasteiger partial charge in [-0.15, -0.1) is 11.5 Å². The van der Waals surface area contributed by atoms with E-state index < -0.39 is 31.8 Å². The standard InChI is InChI=1S/C16H29NO4Si/c1-7-22(8-2,9-3)12-10-11-13(14(18)19)17-15(20)21-16(4,5)6/h13H,7-9,11H2,1-6H3,(H,17,20)(H,18,19)/t13-/m1/s1. The second kappa shape index (κ2) is 8.84. The first kappa shape index (κ1) is 20.5. The van der Waals surface area contributed by atoms with E-state index >= 15 is 0 Å². The summed E-state index contributed by atoms with van der Waals surface area (Å²) in [5.41, 5.74) is 2.66. The minimum atomic E-state index is -1.60. The minimum Gasteiger partial charge on any atom is -0.480 e. The largest absolute Gasteiger partial charge is 0.480 e. The zero-order chi connectivity index (χ0) is 17.4. The zero-order valence-corrected chi connectivity index (χ0v) is 15.6. The van der Waals surface area contributed by atoms with Gasteiger partial charge in [0.2, 0.25) is 0 Å². The highest BCUT2D eigenvalue weighted by molar-refractivity contribution is 6.87. The van der Waals surface area contributed by atoms with Crippen molar-refractivity contribution < 1.29 is 19.4 Å². The van der Waals surface area contributed by atoms with Crippen molar-refractivity contribution in [2.45, 2.75) is 77.7 Å². The van der Waals surface area contributed by atoms with E-state index in [0.717, 1.165) is 18.1 Å². The third-order valence-corrected chi connectivity index (χ3v) is 8.45. The molecule has 0 bridgehead atoms. The van der Waals surface area contributed by atoms with Crippen LogP contribution in [-0.2, 0) is 9.53 Å². The Bertz CT molecular complexity index is 433. The van der Waals surface area contributed by atoms with Gasteiger partial charge in [-0.1, -0.05) is 20.8 Å². The molecule has 0 aromatic carbocycles. The molecule has 1 atom stereocenters. The number of nitrogens with one attached hydrogen (secondary N) is 1. The number of carboxylic acid groups (broad SMARTS) is 1. The molecule has 126 valence electrons. The first-order chi connectivity index (χ1) is 10.1. The molecule has 22 heavy (non-hydrogen) atoms. The van der Waals surface area contributed by atoms with Crippen molar-refractivity contribution in [2.24, 2.45) is 0 Å². The molecule has 5 nitrogen and oxygen atoms in total. The van der Waals surface area contributed by atoms with Crippen LogP contribution in [0.4, 0.5) is 4.79 Å². The number of amides is 1. The molecule has 0 aromatic heterocycles. The van der Waals surface area contributed by atoms with E-state index in [0.29, 0.717) is 0 Å². The number of carboxylic acids is 1. The summed E-state index contributed by atoms with van der Waals surface area (Å²) in [6, 6.07) is 2.14. The fourth-order valence-corrected chi connectivity index (χ4v) is 4.51. The highest BCUT2D eigenvalue weighted by atomic mass is 28.3. The van der Waals surface area contributed by atoms with Crippen molar-refractivity contribution in [3.8, 4) is 11.5 Å². The topological polar surface area (TPSA) is 75.6 Å². The maximum absolute atomic E-state index is 11.7. The van der Waals surface area contributed by atoms with Crippen LogP contribution in [0.5, 0.6) is 0 Å². The Kier molecular flexibility index (Phi) is 8.24. The van der Waals surface area contributed by atoms with Crippen LogP contribution in [0.2, 0.25) is 18.1 Å². The Balaban J connectivity index is 4.82. The molecule has 0 aliphatic rings. The second-order valence-electron chi connectivity index (χ2n) is 6.38. The molecule has 0 unspecified atom stereocenters. The number of aliphatic carboxylic acids is 1. The summed E-state index contributed by atoms with van der Waals surface area (Å²) in [7, 11) is -1.60. The van der Waals surface area contributed by atoms with Crippen LogP contribution in [0.1, 0.15) is 48.0 Å². The van der Waals surface area contributed by atoms with Crippen molar-refractivity contribution in [1.82, 2.24) is 5.32 Å². The number of hydrogen-bond acceptors (Lipinski definition) is 3. The van der Waals surface area contributed by atoms with E-state index in [2.05, 4.69) is 37.6 Å². The third kappa shape index (κ3) is 7.50. The predicted octanol–water partition coefficient (Wildman–Crippen LogP) is 3.41. The fraction of sp³-hybridized carbons (Fsp3) is 0.750. The Morgan fingerprint density at radius 3 is 2.05 bits per heavy atom. The van der Waals surface area contributed by atoms with Gasteiger partial charge in [0.1, 0.15) is 19.7 Å². The fourth-order valence-electron chi connectivity index (χ4n) is 2.01. The monoisotopic (exact) mass is 327 g/mol. The van der Waals surface area contributed by atoms with E-state index in [9.17, 15) is 14.7 Å². The van der Waals surface area contributed by atoms with Gasteiger partial charge >= 0.3 is 12.1 Å². The van der Waals surface area contributed by atoms with Crippen molar-refractivity contribution in [3.63, 3.8) is 0 Å². The normalized spacial score (nSPS) is 12.8. The number of carbonyl (C=O) groups is 2. The van der Waals surface area contributed by atoms with Crippen LogP contribution in [0.15, 0.2) is 0 Å². The smallest absolute Gasteiger partial charge is 0.408 e. The summed E-state index contributed by atoms with van der Waals surface area (Å²) < 4.78 is 5.08. The Morgan fingerprint density at radius 1 is 1.18 bits per heavy atom. The molecule has 0 heterocycles. The van der Waals surface area contributed by atoms with E-state index in [1.165, 1.54) is 0 Å². The van der Waals surface area contributed by atoms with Crippen LogP contribution < -0.4 is 5.32 Å². The molecule has 0 aliphatic heterocycles. The first-order valence-electron chi connectivity index (χ1n) is 7.81. The van der Waals surface area contributed by atoms with Crippen LogP contribution >= 0.6 is 0 Å². The van der Waals surface area contributed by atoms with E-state index in [-0.39, 0.29) is 6.42 Å². The lowest BCUT2D eigenvalue weighted by Gasteiger charge is -2.22. The van der Waals surface area contributed by atoms with Gasteiger partial charge in [-0.3, -0.25) is 0 Å². The summed E-state index contributed by atoms with van der Waals surface area (Å²) >= 11 is 0. The maximum Gasteiger partial charge on any atom is 0.408 e. The van der Waals surface area contributed by atoms with Gasteiger partial charge in [0.05, 0.1) is 0 Å². The molecule has 0 fully saturated rings. The lowest BCUT2D eigenvalue weighted by Crippen LogP contribution is -2.43. The molecule has 0 radical (unpaired) electrons. The lowest BCUT2D eigenvalue weighted by atomic mass is 10.2. The minimum absolute atomic E-state index is 0.101. The molecule has 0 rings (SSSR count). The molecule has 0 saturated heterocycles. The van der Waals surface area contributed by atoms with Crippen molar-refractivity contribution >= 4 is 20.1 Å². The summed E-state index contributed by atoms with van der Waals surface area (Å²) in [5.74, 6) is 1.89. The van der Waals surface area contributed by atoms with Gasteiger partial charge in [0, 0.05) is 6.42 Å². The highest BCUT2D eigenvalue weighted by Gasteiger charge is 2.26. The van der Waals surface area contributed by atoms with Crippen molar-refractivity contribution in [1.29, 1.82) is 0 Å². The predicted molar refractivity (Wildman–Crippen MR) is 90.4 cm³/mol. The van der Waals surface area contributed by atoms with E-state index in [4.69, 9.17) is 4.74 Å². The summed E-state index contributed by atoms with van der Waals surface area (Å²) in [5, 5.41) is 11.6. The quantitative estimate of drug-likeness (QED) is 0.579. The number of carbonyl (C=O) groups excluding carboxylic acids is 1. The lowest BCUT2D eigenvalue weighted by molar-refractivity contribution is -0.139. The van der Waals surface area contributed by atoms with Crippen LogP contribution in [0.3, 0.4) is 0 Å². The molecule has 0 aliphatic carbocycles. The molecular formula is C16H29NO4Si. The number of ether oxygens (including phenoxy) is 1. The van der Waals surface area contributed by atoms with Crippen molar-refractivity contribution in [2.75, 3.05) is 0 Å². The van der Waals surface area contributed by atoms with Crippen LogP contribution in [0.25, 0.3) is 0 Å². The molecule has 0 aromatic rings. The Morgan fingerprint density at radius 2 is 1.68 bits per heavy atom. The SMILES string of the molecule is CC[Si](C#CC[C@@H](NC(=O)OC(C)(C)C)C(=O)O)(CC)CC. The Labute approximate surface area is 134 Å². The van der Waals surface area contributed by atoms with Crippen LogP contribution in [0, 0.1) is 11.5 Å². The first-order valence-corrected chi connectivity index (χ1v) is 10.4. The number of hydrogen-bond donors (Lipinski definition) is 2. The average Bonchev–Trinajstić information content (AvgIpc) is 2.40. The summed E-state index contributed by atoms with van der Waals surface area (Å²) in [4.78, 5) is 22.9. The van der Waals surface area contributed by atoms with Gasteiger partial charge < -0.3 is 15.2 Å². The van der Waals surface area contributed by atoms with Gasteiger partial charge in [0.15, 0.2) is 0 Å². The van der Waals surface area contributed by atoms with Gasteiger partial charge in [0.25, 0.3) is 0 Å². The van der Waals surface area contributed by atoms with Gasteiger partial charge in [-0.2, -0.15) is 0 Å². The van der Waals surface area contributed by atoms with E-state index in [1.807, 2.05) is 0 Å². The second-order valence-corrected chi connectivity index (χ2v) is 11.3. The summed E-state index contributed by atoms with van der Waals surface area (Å²) in [6.07, 6.45) is -0.629. The molecule has 1 amide bonds. The highest BCUT2D eigenvalue weighted by Crippen LogP contribution is 2.18. The summed E-state index contributed by atoms with van der Waals surface area (Å²) in [6.45, 7) is 11.6. The van der Waals surface area contributed by atoms with E-state index in [1.54, 1.807) is 20.8 Å². The van der Waals surface area contributed by atoms with Gasteiger partial charge in [-0.25, -0.2) is 9.59 Å². The van der Waals surface area contributed by atoms with Crippen molar-refractivity contribution in [3.05, 3.63) is 0 Å². The maximum atomic E-state index is 11.7. The molecule has 2 N–H and O–H groups in total. The number of rotatable bonds is 6.